The molecule has 1 aliphatic rings. The number of hydrogen-bond acceptors (Lipinski definition) is 3. The maximum Gasteiger partial charge on any atom is 0.178 e. The van der Waals surface area contributed by atoms with Crippen LogP contribution in [-0.2, 0) is 11.3 Å². The first kappa shape index (κ1) is 13.7. The Morgan fingerprint density at radius 3 is 2.85 bits per heavy atom. The van der Waals surface area contributed by atoms with Gasteiger partial charge in [0.25, 0.3) is 0 Å². The van der Waals surface area contributed by atoms with E-state index in [0.29, 0.717) is 4.77 Å². The van der Waals surface area contributed by atoms with Crippen LogP contribution in [0.15, 0.2) is 18.2 Å². The fourth-order valence-corrected chi connectivity index (χ4v) is 2.93. The van der Waals surface area contributed by atoms with E-state index >= 15 is 0 Å². The molecule has 6 heteroatoms. The first-order valence-electron chi connectivity index (χ1n) is 6.92. The number of benzene rings is 1. The predicted molar refractivity (Wildman–Crippen MR) is 79.0 cm³/mol. The standard InChI is InChI=1S/C14H18FN3OS/c15-11-2-3-13-12(10-11)16-14(20)18(13)5-1-4-17-6-8-19-9-7-17/h2-3,10H,1,4-9H2,(H,16,20). The highest BCUT2D eigenvalue weighted by Crippen LogP contribution is 2.16. The van der Waals surface area contributed by atoms with Gasteiger partial charge in [0.15, 0.2) is 4.77 Å². The van der Waals surface area contributed by atoms with Crippen LogP contribution in [-0.4, -0.2) is 47.3 Å². The van der Waals surface area contributed by atoms with Gasteiger partial charge in [-0.2, -0.15) is 0 Å². The molecule has 108 valence electrons. The molecule has 4 nitrogen and oxygen atoms in total. The molecule has 1 fully saturated rings. The summed E-state index contributed by atoms with van der Waals surface area (Å²) in [5.41, 5.74) is 1.74. The second-order valence-corrected chi connectivity index (χ2v) is 5.44. The zero-order valence-corrected chi connectivity index (χ0v) is 12.1. The Bertz CT molecular complexity index is 645. The van der Waals surface area contributed by atoms with Crippen molar-refractivity contribution >= 4 is 23.3 Å². The fraction of sp³-hybridized carbons (Fsp3) is 0.500. The summed E-state index contributed by atoms with van der Waals surface area (Å²) in [6.45, 7) is 5.55. The number of nitrogens with zero attached hydrogens (tertiary/aromatic N) is 2. The molecule has 0 radical (unpaired) electrons. The lowest BCUT2D eigenvalue weighted by molar-refractivity contribution is 0.0369. The van der Waals surface area contributed by atoms with Crippen molar-refractivity contribution in [3.63, 3.8) is 0 Å². The van der Waals surface area contributed by atoms with Crippen LogP contribution in [0, 0.1) is 10.6 Å². The highest BCUT2D eigenvalue weighted by atomic mass is 32.1. The van der Waals surface area contributed by atoms with Crippen molar-refractivity contribution in [3.8, 4) is 0 Å². The van der Waals surface area contributed by atoms with E-state index in [-0.39, 0.29) is 5.82 Å². The number of nitrogens with one attached hydrogen (secondary N) is 1. The Balaban J connectivity index is 1.68. The van der Waals surface area contributed by atoms with Crippen molar-refractivity contribution in [2.75, 3.05) is 32.8 Å². The minimum absolute atomic E-state index is 0.241. The van der Waals surface area contributed by atoms with E-state index in [1.165, 1.54) is 12.1 Å². The van der Waals surface area contributed by atoms with Gasteiger partial charge in [-0.3, -0.25) is 4.90 Å². The Morgan fingerprint density at radius 1 is 1.25 bits per heavy atom. The third-order valence-electron chi connectivity index (χ3n) is 3.70. The summed E-state index contributed by atoms with van der Waals surface area (Å²) < 4.78 is 21.2. The highest BCUT2D eigenvalue weighted by Gasteiger charge is 2.10. The number of H-pyrrole nitrogens is 1. The van der Waals surface area contributed by atoms with Crippen LogP contribution in [0.25, 0.3) is 11.0 Å². The average Bonchev–Trinajstić information content (AvgIpc) is 2.75. The van der Waals surface area contributed by atoms with Gasteiger partial charge < -0.3 is 14.3 Å². The Kier molecular flexibility index (Phi) is 4.14. The SMILES string of the molecule is Fc1ccc2c(c1)[nH]c(=S)n2CCCN1CCOCC1. The van der Waals surface area contributed by atoms with Gasteiger partial charge in [0, 0.05) is 26.2 Å². The minimum Gasteiger partial charge on any atom is -0.379 e. The Labute approximate surface area is 122 Å². The van der Waals surface area contributed by atoms with Gasteiger partial charge in [-0.15, -0.1) is 0 Å². The lowest BCUT2D eigenvalue weighted by atomic mass is 10.3. The molecule has 1 aliphatic heterocycles. The van der Waals surface area contributed by atoms with E-state index in [2.05, 4.69) is 9.88 Å². The van der Waals surface area contributed by atoms with Crippen LogP contribution in [0.5, 0.6) is 0 Å². The maximum absolute atomic E-state index is 13.2. The molecule has 0 spiro atoms. The van der Waals surface area contributed by atoms with Crippen molar-refractivity contribution in [2.45, 2.75) is 13.0 Å². The third-order valence-corrected chi connectivity index (χ3v) is 4.02. The van der Waals surface area contributed by atoms with Crippen LogP contribution in [0.1, 0.15) is 6.42 Å². The van der Waals surface area contributed by atoms with Crippen molar-refractivity contribution in [1.29, 1.82) is 0 Å². The molecule has 1 N–H and O–H groups in total. The molecule has 0 unspecified atom stereocenters. The lowest BCUT2D eigenvalue weighted by Gasteiger charge is -2.26. The summed E-state index contributed by atoms with van der Waals surface area (Å²) in [5.74, 6) is -0.241. The van der Waals surface area contributed by atoms with Crippen LogP contribution in [0.4, 0.5) is 4.39 Å². The summed E-state index contributed by atoms with van der Waals surface area (Å²) in [7, 11) is 0. The van der Waals surface area contributed by atoms with E-state index < -0.39 is 0 Å². The minimum atomic E-state index is -0.241. The molecule has 0 atom stereocenters. The topological polar surface area (TPSA) is 33.2 Å². The van der Waals surface area contributed by atoms with E-state index in [4.69, 9.17) is 17.0 Å². The fourth-order valence-electron chi connectivity index (χ4n) is 2.64. The van der Waals surface area contributed by atoms with Crippen LogP contribution in [0.2, 0.25) is 0 Å². The highest BCUT2D eigenvalue weighted by molar-refractivity contribution is 7.71. The van der Waals surface area contributed by atoms with Crippen molar-refractivity contribution < 1.29 is 9.13 Å². The van der Waals surface area contributed by atoms with Crippen LogP contribution < -0.4 is 0 Å². The molecule has 2 heterocycles. The van der Waals surface area contributed by atoms with Crippen molar-refractivity contribution in [1.82, 2.24) is 14.5 Å². The van der Waals surface area contributed by atoms with Crippen LogP contribution in [0.3, 0.4) is 0 Å². The monoisotopic (exact) mass is 295 g/mol. The van der Waals surface area contributed by atoms with Gasteiger partial charge in [-0.25, -0.2) is 4.39 Å². The number of ether oxygens (including phenoxy) is 1. The molecule has 0 saturated carbocycles. The molecule has 1 saturated heterocycles. The molecule has 1 aromatic heterocycles. The van der Waals surface area contributed by atoms with E-state index in [1.54, 1.807) is 6.07 Å². The van der Waals surface area contributed by atoms with Crippen molar-refractivity contribution in [2.24, 2.45) is 0 Å². The molecule has 0 amide bonds. The summed E-state index contributed by atoms with van der Waals surface area (Å²) in [6, 6.07) is 4.75. The van der Waals surface area contributed by atoms with Gasteiger partial charge >= 0.3 is 0 Å². The number of halogens is 1. The molecule has 0 aliphatic carbocycles. The number of rotatable bonds is 4. The van der Waals surface area contributed by atoms with Gasteiger partial charge in [-0.05, 0) is 36.8 Å². The van der Waals surface area contributed by atoms with E-state index in [0.717, 1.165) is 56.8 Å². The molecule has 20 heavy (non-hydrogen) atoms. The zero-order valence-electron chi connectivity index (χ0n) is 11.3. The van der Waals surface area contributed by atoms with Gasteiger partial charge in [0.05, 0.1) is 24.2 Å². The molecule has 3 rings (SSSR count). The molecular weight excluding hydrogens is 277 g/mol. The van der Waals surface area contributed by atoms with Gasteiger partial charge in [-0.1, -0.05) is 0 Å². The molecule has 0 bridgehead atoms. The maximum atomic E-state index is 13.2. The van der Waals surface area contributed by atoms with Gasteiger partial charge in [0.2, 0.25) is 0 Å². The smallest absolute Gasteiger partial charge is 0.178 e. The summed E-state index contributed by atoms with van der Waals surface area (Å²) in [5, 5.41) is 0. The summed E-state index contributed by atoms with van der Waals surface area (Å²) >= 11 is 5.32. The molecule has 1 aromatic carbocycles. The normalized spacial score (nSPS) is 16.9. The van der Waals surface area contributed by atoms with E-state index in [1.807, 2.05) is 4.57 Å². The number of aromatic nitrogens is 2. The Hall–Kier alpha value is -1.24. The first-order chi connectivity index (χ1) is 9.74. The quantitative estimate of drug-likeness (QED) is 0.880. The second kappa shape index (κ2) is 6.03. The first-order valence-corrected chi connectivity index (χ1v) is 7.33. The second-order valence-electron chi connectivity index (χ2n) is 5.05. The largest absolute Gasteiger partial charge is 0.379 e. The lowest BCUT2D eigenvalue weighted by Crippen LogP contribution is -2.37. The molecular formula is C14H18FN3OS. The number of hydrogen-bond donors (Lipinski definition) is 1. The number of morpholine rings is 1. The summed E-state index contributed by atoms with van der Waals surface area (Å²) in [4.78, 5) is 5.46. The zero-order chi connectivity index (χ0) is 13.9. The third kappa shape index (κ3) is 2.92. The number of aryl methyl sites for hydroxylation is 1. The molecule has 2 aromatic rings. The number of imidazole rings is 1. The van der Waals surface area contributed by atoms with E-state index in [9.17, 15) is 4.39 Å². The number of aromatic amines is 1. The predicted octanol–water partition coefficient (Wildman–Crippen LogP) is 2.56. The average molecular weight is 295 g/mol. The van der Waals surface area contributed by atoms with Gasteiger partial charge in [0.1, 0.15) is 5.82 Å². The Morgan fingerprint density at radius 2 is 2.05 bits per heavy atom. The van der Waals surface area contributed by atoms with Crippen LogP contribution >= 0.6 is 12.2 Å². The summed E-state index contributed by atoms with van der Waals surface area (Å²) in [6.07, 6.45) is 1.03. The number of fused-ring (bicyclic) bond motifs is 1. The van der Waals surface area contributed by atoms with Crippen molar-refractivity contribution in [3.05, 3.63) is 28.8 Å².